The van der Waals surface area contributed by atoms with Crippen molar-refractivity contribution in [2.75, 3.05) is 11.1 Å². The van der Waals surface area contributed by atoms with E-state index in [4.69, 9.17) is 10.1 Å². The van der Waals surface area contributed by atoms with Gasteiger partial charge < -0.3 is 5.32 Å². The van der Waals surface area contributed by atoms with Gasteiger partial charge >= 0.3 is 0 Å². The van der Waals surface area contributed by atoms with Crippen molar-refractivity contribution in [2.24, 2.45) is 5.41 Å². The molecule has 1 atom stereocenters. The molecule has 0 amide bonds. The fraction of sp³-hybridized carbons (Fsp3) is 0.522. The summed E-state index contributed by atoms with van der Waals surface area (Å²) >= 11 is 1.66. The van der Waals surface area contributed by atoms with E-state index in [0.717, 1.165) is 46.5 Å². The van der Waals surface area contributed by atoms with Gasteiger partial charge in [-0.05, 0) is 35.3 Å². The third-order valence-electron chi connectivity index (χ3n) is 5.67. The third-order valence-corrected chi connectivity index (χ3v) is 6.71. The molecule has 6 heteroatoms. The van der Waals surface area contributed by atoms with Gasteiger partial charge in [0.2, 0.25) is 11.1 Å². The van der Waals surface area contributed by atoms with Crippen LogP contribution in [-0.4, -0.2) is 26.3 Å². The van der Waals surface area contributed by atoms with E-state index in [1.165, 1.54) is 5.56 Å². The van der Waals surface area contributed by atoms with Crippen LogP contribution in [0.3, 0.4) is 0 Å². The van der Waals surface area contributed by atoms with Crippen LogP contribution < -0.4 is 5.32 Å². The van der Waals surface area contributed by atoms with Gasteiger partial charge in [-0.1, -0.05) is 70.6 Å². The van der Waals surface area contributed by atoms with Crippen molar-refractivity contribution in [1.82, 2.24) is 14.8 Å². The molecule has 154 valence electrons. The molecule has 0 saturated carbocycles. The van der Waals surface area contributed by atoms with Crippen LogP contribution in [0.1, 0.15) is 77.0 Å². The first kappa shape index (κ1) is 20.2. The highest BCUT2D eigenvalue weighted by atomic mass is 32.2. The summed E-state index contributed by atoms with van der Waals surface area (Å²) in [5, 5.41) is 9.00. The van der Waals surface area contributed by atoms with Gasteiger partial charge in [-0.2, -0.15) is 4.98 Å². The first-order chi connectivity index (χ1) is 13.8. The molecule has 1 aromatic heterocycles. The van der Waals surface area contributed by atoms with Crippen LogP contribution in [0.25, 0.3) is 0 Å². The van der Waals surface area contributed by atoms with Gasteiger partial charge in [0.05, 0.1) is 0 Å². The van der Waals surface area contributed by atoms with Crippen LogP contribution >= 0.6 is 11.8 Å². The van der Waals surface area contributed by atoms with Crippen LogP contribution in [0.5, 0.6) is 0 Å². The molecule has 1 aromatic carbocycles. The number of fused-ring (bicyclic) bond motifs is 1. The van der Waals surface area contributed by atoms with Gasteiger partial charge in [0.1, 0.15) is 6.04 Å². The molecular formula is C23H30N4OS. The molecule has 1 N–H and O–H groups in total. The monoisotopic (exact) mass is 410 g/mol. The number of rotatable bonds is 5. The second-order valence-corrected chi connectivity index (χ2v) is 10.3. The van der Waals surface area contributed by atoms with Gasteiger partial charge in [-0.25, -0.2) is 4.68 Å². The molecule has 1 unspecified atom stereocenters. The predicted octanol–water partition coefficient (Wildman–Crippen LogP) is 5.56. The van der Waals surface area contributed by atoms with E-state index >= 15 is 0 Å². The number of anilines is 1. The highest BCUT2D eigenvalue weighted by Crippen LogP contribution is 2.45. The first-order valence-corrected chi connectivity index (χ1v) is 11.5. The Labute approximate surface area is 177 Å². The maximum absolute atomic E-state index is 13.2. The molecule has 0 radical (unpaired) electrons. The van der Waals surface area contributed by atoms with E-state index in [1.807, 2.05) is 4.68 Å². The lowest BCUT2D eigenvalue weighted by molar-refractivity contribution is -0.118. The van der Waals surface area contributed by atoms with E-state index in [1.54, 1.807) is 11.8 Å². The smallest absolute Gasteiger partial charge is 0.227 e. The number of carbonyl (C=O) groups is 1. The summed E-state index contributed by atoms with van der Waals surface area (Å²) < 4.78 is 1.91. The van der Waals surface area contributed by atoms with Crippen molar-refractivity contribution >= 4 is 23.5 Å². The zero-order chi connectivity index (χ0) is 20.8. The zero-order valence-electron chi connectivity index (χ0n) is 18.0. The molecule has 29 heavy (non-hydrogen) atoms. The lowest BCUT2D eigenvalue weighted by Crippen LogP contribution is -2.36. The topological polar surface area (TPSA) is 59.8 Å². The third kappa shape index (κ3) is 3.87. The molecule has 0 saturated heterocycles. The average molecular weight is 411 g/mol. The number of Topliss-reactive ketones (excluding diaryl/α,β-unsaturated/α-hetero) is 1. The van der Waals surface area contributed by atoms with Crippen molar-refractivity contribution in [3.8, 4) is 0 Å². The second kappa shape index (κ2) is 7.63. The maximum atomic E-state index is 13.2. The Morgan fingerprint density at radius 2 is 1.97 bits per heavy atom. The molecule has 4 rings (SSSR count). The van der Waals surface area contributed by atoms with Crippen LogP contribution in [0, 0.1) is 5.41 Å². The first-order valence-electron chi connectivity index (χ1n) is 10.5. The Bertz CT molecular complexity index is 956. The van der Waals surface area contributed by atoms with Crippen molar-refractivity contribution in [3.63, 3.8) is 0 Å². The summed E-state index contributed by atoms with van der Waals surface area (Å²) in [7, 11) is 0. The number of ketones is 1. The van der Waals surface area contributed by atoms with Crippen LogP contribution in [0.15, 0.2) is 40.7 Å². The Hall–Kier alpha value is -2.08. The molecule has 0 fully saturated rings. The van der Waals surface area contributed by atoms with Crippen LogP contribution in [0.2, 0.25) is 0 Å². The predicted molar refractivity (Wildman–Crippen MR) is 118 cm³/mol. The minimum absolute atomic E-state index is 0.0447. The van der Waals surface area contributed by atoms with Gasteiger partial charge in [-0.15, -0.1) is 5.10 Å². The normalized spacial score (nSPS) is 20.5. The summed E-state index contributed by atoms with van der Waals surface area (Å²) in [6.45, 7) is 10.9. The molecule has 2 heterocycles. The Kier molecular flexibility index (Phi) is 5.32. The van der Waals surface area contributed by atoms with Gasteiger partial charge in [0, 0.05) is 23.4 Å². The summed E-state index contributed by atoms with van der Waals surface area (Å²) in [6.07, 6.45) is 2.48. The summed E-state index contributed by atoms with van der Waals surface area (Å²) in [6, 6.07) is 8.42. The van der Waals surface area contributed by atoms with E-state index in [-0.39, 0.29) is 17.2 Å². The lowest BCUT2D eigenvalue weighted by atomic mass is 9.73. The van der Waals surface area contributed by atoms with Crippen molar-refractivity contribution in [2.45, 2.75) is 71.0 Å². The number of benzene rings is 1. The molecule has 0 spiro atoms. The number of allylic oxidation sites excluding steroid dienone is 2. The maximum Gasteiger partial charge on any atom is 0.227 e. The molecule has 1 aliphatic carbocycles. The Morgan fingerprint density at radius 1 is 1.24 bits per heavy atom. The molecule has 2 aromatic rings. The molecule has 0 bridgehead atoms. The minimum atomic E-state index is -0.213. The summed E-state index contributed by atoms with van der Waals surface area (Å²) in [5.74, 6) is 2.41. The Morgan fingerprint density at radius 3 is 2.62 bits per heavy atom. The minimum Gasteiger partial charge on any atom is -0.328 e. The van der Waals surface area contributed by atoms with E-state index in [2.05, 4.69) is 64.2 Å². The lowest BCUT2D eigenvalue weighted by Gasteiger charge is -2.38. The highest BCUT2D eigenvalue weighted by molar-refractivity contribution is 7.99. The SMILES string of the molecule is CCCSc1nc2n(n1)C(c1ccc(C(C)C)cc1)C1=C(CC(C)(C)CC1=O)N2. The zero-order valence-corrected chi connectivity index (χ0v) is 18.8. The van der Waals surface area contributed by atoms with Crippen molar-refractivity contribution in [1.29, 1.82) is 0 Å². The number of nitrogens with zero attached hydrogens (tertiary/aromatic N) is 3. The van der Waals surface area contributed by atoms with Gasteiger partial charge in [-0.3, -0.25) is 4.79 Å². The largest absolute Gasteiger partial charge is 0.328 e. The van der Waals surface area contributed by atoms with E-state index < -0.39 is 0 Å². The molecule has 1 aliphatic heterocycles. The average Bonchev–Trinajstić information content (AvgIpc) is 3.06. The highest BCUT2D eigenvalue weighted by Gasteiger charge is 2.41. The van der Waals surface area contributed by atoms with Gasteiger partial charge in [0.15, 0.2) is 5.78 Å². The van der Waals surface area contributed by atoms with Crippen LogP contribution in [0.4, 0.5) is 5.95 Å². The number of aromatic nitrogens is 3. The van der Waals surface area contributed by atoms with Crippen molar-refractivity contribution in [3.05, 3.63) is 46.7 Å². The molecular weight excluding hydrogens is 380 g/mol. The number of hydrogen-bond donors (Lipinski definition) is 1. The summed E-state index contributed by atoms with van der Waals surface area (Å²) in [4.78, 5) is 18.0. The van der Waals surface area contributed by atoms with Crippen molar-refractivity contribution < 1.29 is 4.79 Å². The van der Waals surface area contributed by atoms with E-state index in [0.29, 0.717) is 12.3 Å². The van der Waals surface area contributed by atoms with Crippen LogP contribution in [-0.2, 0) is 4.79 Å². The standard InChI is InChI=1S/C23H30N4OS/c1-6-11-29-22-25-21-24-17-12-23(4,5)13-18(28)19(17)20(27(21)26-22)16-9-7-15(8-10-16)14(2)3/h7-10,14,20H,6,11-13H2,1-5H3,(H,24,25,26). The number of carbonyl (C=O) groups excluding carboxylic acids is 1. The number of thioether (sulfide) groups is 1. The Balaban J connectivity index is 1.81. The quantitative estimate of drug-likeness (QED) is 0.654. The fourth-order valence-corrected chi connectivity index (χ4v) is 4.90. The van der Waals surface area contributed by atoms with E-state index in [9.17, 15) is 4.79 Å². The number of nitrogens with one attached hydrogen (secondary N) is 1. The second-order valence-electron chi connectivity index (χ2n) is 9.19. The van der Waals surface area contributed by atoms with Gasteiger partial charge in [0.25, 0.3) is 0 Å². The summed E-state index contributed by atoms with van der Waals surface area (Å²) in [5.41, 5.74) is 4.21. The molecule has 2 aliphatic rings. The molecule has 5 nitrogen and oxygen atoms in total. The fourth-order valence-electron chi connectivity index (χ4n) is 4.22. The number of hydrogen-bond acceptors (Lipinski definition) is 5.